The van der Waals surface area contributed by atoms with Gasteiger partial charge in [-0.25, -0.2) is 4.79 Å². The number of amides is 3. The second-order valence-corrected chi connectivity index (χ2v) is 8.55. The highest BCUT2D eigenvalue weighted by Crippen LogP contribution is 2.22. The molecular weight excluding hydrogens is 416 g/mol. The van der Waals surface area contributed by atoms with E-state index >= 15 is 0 Å². The van der Waals surface area contributed by atoms with Crippen LogP contribution in [-0.4, -0.2) is 42.2 Å². The molecule has 170 valence electrons. The van der Waals surface area contributed by atoms with E-state index in [4.69, 9.17) is 16.4 Å². The maximum Gasteiger partial charge on any atom is 0.318 e. The number of nitrogens with two attached hydrogens (primary N) is 1. The Morgan fingerprint density at radius 1 is 1.21 bits per heavy atom. The van der Waals surface area contributed by atoms with Gasteiger partial charge in [0.25, 0.3) is 5.91 Å². The summed E-state index contributed by atoms with van der Waals surface area (Å²) in [4.78, 5) is 26.9. The van der Waals surface area contributed by atoms with Crippen molar-refractivity contribution in [3.8, 4) is 6.07 Å². The highest BCUT2D eigenvalue weighted by molar-refractivity contribution is 6.27. The highest BCUT2D eigenvalue weighted by Gasteiger charge is 2.29. The van der Waals surface area contributed by atoms with Gasteiger partial charge in [0.2, 0.25) is 0 Å². The molecule has 0 atom stereocenters. The van der Waals surface area contributed by atoms with Gasteiger partial charge in [-0.2, -0.15) is 5.26 Å². The number of nitrogens with zero attached hydrogens (tertiary/aromatic N) is 2. The van der Waals surface area contributed by atoms with Crippen LogP contribution >= 0.6 is 0 Å². The van der Waals surface area contributed by atoms with Crippen molar-refractivity contribution in [2.45, 2.75) is 26.3 Å². The number of urea groups is 1. The molecule has 0 aromatic heterocycles. The third-order valence-electron chi connectivity index (χ3n) is 5.62. The van der Waals surface area contributed by atoms with Gasteiger partial charge >= 0.3 is 6.03 Å². The average Bonchev–Trinajstić information content (AvgIpc) is 2.79. The topological polar surface area (TPSA) is 135 Å². The number of hydrogen-bond donors (Lipinski definition) is 4. The predicted octanol–water partition coefficient (Wildman–Crippen LogP) is 2.52. The Labute approximate surface area is 193 Å². The molecule has 2 aromatic rings. The molecule has 0 bridgehead atoms. The van der Waals surface area contributed by atoms with E-state index in [1.165, 1.54) is 0 Å². The van der Waals surface area contributed by atoms with Gasteiger partial charge in [-0.05, 0) is 44.5 Å². The predicted molar refractivity (Wildman–Crippen MR) is 127 cm³/mol. The summed E-state index contributed by atoms with van der Waals surface area (Å²) < 4.78 is 0. The summed E-state index contributed by atoms with van der Waals surface area (Å²) >= 11 is 0. The van der Waals surface area contributed by atoms with Crippen LogP contribution < -0.4 is 16.4 Å². The average molecular weight is 445 g/mol. The van der Waals surface area contributed by atoms with E-state index in [1.807, 2.05) is 51.1 Å². The number of carbonyl (C=O) groups excluding carboxylic acids is 2. The fraction of sp³-hybridized carbons (Fsp3) is 0.280. The molecule has 0 saturated carbocycles. The SMILES string of the molecule is Cc1cccc(C(=N)/C(C(N)=O)=C2/CN(C(=O)NC(C)(C)c3ccc(C#N)cc3)CCN2)c1. The number of aryl methyl sites for hydroxylation is 1. The van der Waals surface area contributed by atoms with Crippen LogP contribution in [0.5, 0.6) is 0 Å². The molecule has 1 saturated heterocycles. The molecule has 0 unspecified atom stereocenters. The Hall–Kier alpha value is -4.12. The molecule has 8 heteroatoms. The lowest BCUT2D eigenvalue weighted by atomic mass is 9.93. The Bertz CT molecular complexity index is 1160. The molecule has 0 aliphatic carbocycles. The van der Waals surface area contributed by atoms with Crippen molar-refractivity contribution in [2.24, 2.45) is 5.73 Å². The van der Waals surface area contributed by atoms with E-state index in [9.17, 15) is 9.59 Å². The second kappa shape index (κ2) is 9.57. The van der Waals surface area contributed by atoms with Crippen molar-refractivity contribution >= 4 is 17.6 Å². The van der Waals surface area contributed by atoms with E-state index in [1.54, 1.807) is 23.1 Å². The quantitative estimate of drug-likeness (QED) is 0.416. The lowest BCUT2D eigenvalue weighted by molar-refractivity contribution is -0.114. The molecule has 1 aliphatic heterocycles. The van der Waals surface area contributed by atoms with Crippen LogP contribution in [0.1, 0.15) is 36.1 Å². The zero-order valence-corrected chi connectivity index (χ0v) is 19.0. The van der Waals surface area contributed by atoms with Crippen LogP contribution in [0.15, 0.2) is 59.8 Å². The van der Waals surface area contributed by atoms with Gasteiger partial charge in [-0.15, -0.1) is 0 Å². The largest absolute Gasteiger partial charge is 0.384 e. The third kappa shape index (κ3) is 5.39. The van der Waals surface area contributed by atoms with E-state index in [0.717, 1.165) is 11.1 Å². The summed E-state index contributed by atoms with van der Waals surface area (Å²) in [6.07, 6.45) is 0. The Morgan fingerprint density at radius 2 is 1.91 bits per heavy atom. The van der Waals surface area contributed by atoms with Gasteiger partial charge in [-0.1, -0.05) is 35.9 Å². The van der Waals surface area contributed by atoms with Gasteiger partial charge in [0.05, 0.1) is 35.0 Å². The van der Waals surface area contributed by atoms with E-state index in [-0.39, 0.29) is 23.9 Å². The summed E-state index contributed by atoms with van der Waals surface area (Å²) in [6, 6.07) is 16.2. The first-order valence-corrected chi connectivity index (χ1v) is 10.6. The van der Waals surface area contributed by atoms with Crippen molar-refractivity contribution in [1.82, 2.24) is 15.5 Å². The molecule has 0 radical (unpaired) electrons. The minimum Gasteiger partial charge on any atom is -0.384 e. The fourth-order valence-electron chi connectivity index (χ4n) is 3.76. The maximum atomic E-state index is 13.1. The number of benzene rings is 2. The van der Waals surface area contributed by atoms with Gasteiger partial charge < -0.3 is 21.3 Å². The molecule has 0 spiro atoms. The molecule has 3 rings (SSSR count). The second-order valence-electron chi connectivity index (χ2n) is 8.55. The summed E-state index contributed by atoms with van der Waals surface area (Å²) in [7, 11) is 0. The molecule has 33 heavy (non-hydrogen) atoms. The zero-order chi connectivity index (χ0) is 24.2. The summed E-state index contributed by atoms with van der Waals surface area (Å²) in [5, 5.41) is 23.7. The van der Waals surface area contributed by atoms with Crippen LogP contribution in [-0.2, 0) is 10.3 Å². The van der Waals surface area contributed by atoms with E-state index < -0.39 is 11.4 Å². The first-order valence-electron chi connectivity index (χ1n) is 10.6. The number of nitriles is 1. The smallest absolute Gasteiger partial charge is 0.318 e. The Kier molecular flexibility index (Phi) is 6.83. The van der Waals surface area contributed by atoms with Crippen molar-refractivity contribution < 1.29 is 9.59 Å². The summed E-state index contributed by atoms with van der Waals surface area (Å²) in [5.74, 6) is -0.718. The van der Waals surface area contributed by atoms with Crippen molar-refractivity contribution in [2.75, 3.05) is 19.6 Å². The van der Waals surface area contributed by atoms with Gasteiger partial charge in [0, 0.05) is 24.4 Å². The normalized spacial score (nSPS) is 15.2. The number of primary amides is 1. The lowest BCUT2D eigenvalue weighted by Crippen LogP contribution is -2.54. The first kappa shape index (κ1) is 23.5. The van der Waals surface area contributed by atoms with Crippen LogP contribution in [0.4, 0.5) is 4.79 Å². The monoisotopic (exact) mass is 444 g/mol. The minimum atomic E-state index is -0.718. The molecular formula is C25H28N6O2. The third-order valence-corrected chi connectivity index (χ3v) is 5.62. The van der Waals surface area contributed by atoms with Crippen molar-refractivity contribution in [3.05, 3.63) is 82.1 Å². The zero-order valence-electron chi connectivity index (χ0n) is 19.0. The first-order chi connectivity index (χ1) is 15.6. The molecule has 1 fully saturated rings. The number of rotatable bonds is 5. The van der Waals surface area contributed by atoms with Crippen LogP contribution in [0.25, 0.3) is 0 Å². The molecule has 1 aliphatic rings. The molecule has 8 nitrogen and oxygen atoms in total. The van der Waals surface area contributed by atoms with E-state index in [2.05, 4.69) is 16.7 Å². The number of hydrogen-bond acceptors (Lipinski definition) is 5. The minimum absolute atomic E-state index is 0.0221. The molecule has 1 heterocycles. The van der Waals surface area contributed by atoms with Crippen molar-refractivity contribution in [3.63, 3.8) is 0 Å². The number of carbonyl (C=O) groups is 2. The van der Waals surface area contributed by atoms with Gasteiger partial charge in [0.15, 0.2) is 0 Å². The number of piperazine rings is 1. The van der Waals surface area contributed by atoms with Crippen LogP contribution in [0, 0.1) is 23.7 Å². The Morgan fingerprint density at radius 3 is 2.52 bits per heavy atom. The van der Waals surface area contributed by atoms with Crippen LogP contribution in [0.3, 0.4) is 0 Å². The van der Waals surface area contributed by atoms with Gasteiger partial charge in [-0.3, -0.25) is 10.2 Å². The van der Waals surface area contributed by atoms with Crippen LogP contribution in [0.2, 0.25) is 0 Å². The van der Waals surface area contributed by atoms with Gasteiger partial charge in [0.1, 0.15) is 0 Å². The summed E-state index contributed by atoms with van der Waals surface area (Å²) in [6.45, 7) is 6.66. The van der Waals surface area contributed by atoms with E-state index in [0.29, 0.717) is 29.9 Å². The maximum absolute atomic E-state index is 13.1. The molecule has 2 aromatic carbocycles. The lowest BCUT2D eigenvalue weighted by Gasteiger charge is -2.35. The standard InChI is InChI=1S/C25H28N6O2/c1-16-5-4-6-18(13-16)22(27)21(23(28)32)20-15-31(12-11-29-20)24(33)30-25(2,3)19-9-7-17(14-26)8-10-19/h4-10,13,27,29H,11-12,15H2,1-3H3,(H2,28,32)(H,30,33)/b21-20+,27-22?. The Balaban J connectivity index is 1.81. The van der Waals surface area contributed by atoms with Crippen molar-refractivity contribution in [1.29, 1.82) is 10.7 Å². The fourth-order valence-corrected chi connectivity index (χ4v) is 3.76. The molecule has 5 N–H and O–H groups in total. The summed E-state index contributed by atoms with van der Waals surface area (Å²) in [5.41, 5.74) is 8.47. The highest BCUT2D eigenvalue weighted by atomic mass is 16.2. The molecule has 3 amide bonds. The number of nitrogens with one attached hydrogen (secondary N) is 3.